The number of carbonyl (C=O) groups is 2. The molecule has 0 aromatic carbocycles. The van der Waals surface area contributed by atoms with Gasteiger partial charge in [-0.25, -0.2) is 0 Å². The first-order valence-electron chi connectivity index (χ1n) is 8.62. The lowest BCUT2D eigenvalue weighted by molar-refractivity contribution is -0.134. The van der Waals surface area contributed by atoms with Crippen molar-refractivity contribution in [3.05, 3.63) is 35.3 Å². The van der Waals surface area contributed by atoms with Crippen LogP contribution in [0.4, 0.5) is 0 Å². The Kier molecular flexibility index (Phi) is 3.76. The van der Waals surface area contributed by atoms with Crippen molar-refractivity contribution in [1.29, 1.82) is 0 Å². The molecule has 3 atom stereocenters. The first-order valence-corrected chi connectivity index (χ1v) is 8.62. The quantitative estimate of drug-likeness (QED) is 0.399. The summed E-state index contributed by atoms with van der Waals surface area (Å²) in [6.07, 6.45) is 11.4. The third-order valence-electron chi connectivity index (χ3n) is 6.74. The van der Waals surface area contributed by atoms with Gasteiger partial charge in [-0.15, -0.1) is 6.42 Å². The highest BCUT2D eigenvalue weighted by Gasteiger charge is 2.61. The summed E-state index contributed by atoms with van der Waals surface area (Å²) < 4.78 is 0. The lowest BCUT2D eigenvalue weighted by atomic mass is 9.43. The van der Waals surface area contributed by atoms with Crippen LogP contribution in [0.2, 0.25) is 0 Å². The number of fused-ring (bicyclic) bond motifs is 3. The Morgan fingerprint density at radius 3 is 2.36 bits per heavy atom. The van der Waals surface area contributed by atoms with Crippen LogP contribution in [-0.4, -0.2) is 21.8 Å². The normalized spacial score (nSPS) is 40.2. The van der Waals surface area contributed by atoms with Crippen LogP contribution in [0.15, 0.2) is 35.3 Å². The summed E-state index contributed by atoms with van der Waals surface area (Å²) >= 11 is 0. The van der Waals surface area contributed by atoms with Crippen LogP contribution >= 0.6 is 0 Å². The van der Waals surface area contributed by atoms with E-state index in [-0.39, 0.29) is 17.5 Å². The zero-order valence-corrected chi connectivity index (χ0v) is 14.9. The third-order valence-corrected chi connectivity index (χ3v) is 6.74. The zero-order chi connectivity index (χ0) is 18.6. The smallest absolute Gasteiger partial charge is 0.184 e. The van der Waals surface area contributed by atoms with Crippen molar-refractivity contribution in [3.8, 4) is 12.3 Å². The Morgan fingerprint density at radius 2 is 1.80 bits per heavy atom. The second kappa shape index (κ2) is 5.36. The molecule has 2 N–H and O–H groups in total. The Hall–Kier alpha value is -2.28. The van der Waals surface area contributed by atoms with Gasteiger partial charge in [-0.1, -0.05) is 26.7 Å². The Balaban J connectivity index is 2.23. The maximum absolute atomic E-state index is 12.8. The molecule has 3 aliphatic rings. The number of Topliss-reactive ketones (excluding diaryl/α,β-unsaturated/α-hetero) is 1. The lowest BCUT2D eigenvalue weighted by Crippen LogP contribution is -2.55. The fourth-order valence-electron chi connectivity index (χ4n) is 5.54. The minimum Gasteiger partial charge on any atom is -0.515 e. The van der Waals surface area contributed by atoms with Crippen LogP contribution in [-0.2, 0) is 9.59 Å². The average Bonchev–Trinajstić information content (AvgIpc) is 2.58. The summed E-state index contributed by atoms with van der Waals surface area (Å²) in [5.41, 5.74) is -0.160. The molecule has 3 rings (SSSR count). The molecule has 0 bridgehead atoms. The molecule has 0 amide bonds. The topological polar surface area (TPSA) is 74.6 Å². The van der Waals surface area contributed by atoms with Crippen molar-refractivity contribution in [2.75, 3.05) is 0 Å². The van der Waals surface area contributed by atoms with Gasteiger partial charge < -0.3 is 10.2 Å². The molecule has 4 heteroatoms. The number of rotatable bonds is 0. The number of carbonyl (C=O) groups excluding carboxylic acids is 2. The molecule has 0 saturated heterocycles. The molecule has 0 aliphatic heterocycles. The van der Waals surface area contributed by atoms with Crippen molar-refractivity contribution in [2.24, 2.45) is 22.2 Å². The van der Waals surface area contributed by atoms with E-state index in [0.29, 0.717) is 30.4 Å². The van der Waals surface area contributed by atoms with E-state index in [1.165, 1.54) is 0 Å². The predicted octanol–water partition coefficient (Wildman–Crippen LogP) is 3.80. The molecule has 2 saturated carbocycles. The fraction of sp³-hybridized carbons (Fsp3) is 0.524. The summed E-state index contributed by atoms with van der Waals surface area (Å²) in [5.74, 6) is 2.67. The highest BCUT2D eigenvalue weighted by atomic mass is 16.2. The molecule has 25 heavy (non-hydrogen) atoms. The van der Waals surface area contributed by atoms with Crippen LogP contribution in [0, 0.1) is 34.5 Å². The van der Waals surface area contributed by atoms with Crippen molar-refractivity contribution in [3.63, 3.8) is 0 Å². The minimum atomic E-state index is -0.640. The van der Waals surface area contributed by atoms with E-state index in [9.17, 15) is 19.8 Å². The Labute approximate surface area is 148 Å². The van der Waals surface area contributed by atoms with Crippen LogP contribution < -0.4 is 0 Å². The summed E-state index contributed by atoms with van der Waals surface area (Å²) in [5, 5.41) is 19.0. The molecule has 3 unspecified atom stereocenters. The van der Waals surface area contributed by atoms with Crippen LogP contribution in [0.1, 0.15) is 46.5 Å². The molecule has 0 aromatic heterocycles. The third kappa shape index (κ3) is 2.15. The molecule has 3 aliphatic carbocycles. The lowest BCUT2D eigenvalue weighted by Gasteiger charge is -2.59. The highest BCUT2D eigenvalue weighted by Crippen LogP contribution is 2.65. The second-order valence-corrected chi connectivity index (χ2v) is 8.37. The molecule has 0 radical (unpaired) electrons. The Morgan fingerprint density at radius 1 is 1.16 bits per heavy atom. The number of hydrogen-bond donors (Lipinski definition) is 2. The van der Waals surface area contributed by atoms with Gasteiger partial charge in [0.1, 0.15) is 0 Å². The summed E-state index contributed by atoms with van der Waals surface area (Å²) in [6, 6.07) is 0. The predicted molar refractivity (Wildman–Crippen MR) is 94.6 cm³/mol. The van der Waals surface area contributed by atoms with Crippen LogP contribution in [0.3, 0.4) is 0 Å². The number of hydrogen-bond acceptors (Lipinski definition) is 4. The molecule has 0 aromatic rings. The van der Waals surface area contributed by atoms with E-state index in [0.717, 1.165) is 24.5 Å². The molecule has 2 fully saturated rings. The van der Waals surface area contributed by atoms with Gasteiger partial charge in [0, 0.05) is 16.6 Å². The van der Waals surface area contributed by atoms with E-state index >= 15 is 0 Å². The molecular weight excluding hydrogens is 316 g/mol. The summed E-state index contributed by atoms with van der Waals surface area (Å²) in [4.78, 5) is 25.2. The minimum absolute atomic E-state index is 0.0376. The van der Waals surface area contributed by atoms with Gasteiger partial charge in [0.2, 0.25) is 0 Å². The SMILES string of the molecule is C#CC12CCC3C(C)(C)C(=O)/C(=C\O)CC3(C)C1=CC(=O)/C(=C\O)C2. The van der Waals surface area contributed by atoms with Crippen molar-refractivity contribution < 1.29 is 19.8 Å². The van der Waals surface area contributed by atoms with Crippen LogP contribution in [0.25, 0.3) is 0 Å². The van der Waals surface area contributed by atoms with E-state index in [1.54, 1.807) is 6.08 Å². The number of aliphatic hydroxyl groups is 2. The molecule has 0 heterocycles. The molecule has 0 spiro atoms. The van der Waals surface area contributed by atoms with Gasteiger partial charge in [-0.3, -0.25) is 9.59 Å². The van der Waals surface area contributed by atoms with Gasteiger partial charge in [-0.05, 0) is 48.7 Å². The largest absolute Gasteiger partial charge is 0.515 e. The zero-order valence-electron chi connectivity index (χ0n) is 14.9. The molecule has 4 nitrogen and oxygen atoms in total. The number of terminal acetylenes is 1. The number of ketones is 2. The van der Waals surface area contributed by atoms with Crippen molar-refractivity contribution >= 4 is 11.6 Å². The van der Waals surface area contributed by atoms with Gasteiger partial charge in [0.05, 0.1) is 17.9 Å². The standard InChI is InChI=1S/C21H24O4/c1-5-21-7-6-16-19(2,3)18(25)14(12-23)9-20(16,4)17(21)8-15(24)13(10-21)11-22/h1,8,11-12,16,22-23H,6-7,9-10H2,2-4H3/b13-11-,14-12-. The van der Waals surface area contributed by atoms with E-state index < -0.39 is 16.2 Å². The monoisotopic (exact) mass is 340 g/mol. The van der Waals surface area contributed by atoms with Crippen LogP contribution in [0.5, 0.6) is 0 Å². The number of aliphatic hydroxyl groups excluding tert-OH is 2. The maximum atomic E-state index is 12.8. The highest BCUT2D eigenvalue weighted by molar-refractivity contribution is 6.06. The van der Waals surface area contributed by atoms with Crippen molar-refractivity contribution in [2.45, 2.75) is 46.5 Å². The van der Waals surface area contributed by atoms with Gasteiger partial charge >= 0.3 is 0 Å². The first-order chi connectivity index (χ1) is 11.7. The maximum Gasteiger partial charge on any atom is 0.184 e. The first kappa shape index (κ1) is 17.5. The van der Waals surface area contributed by atoms with E-state index in [4.69, 9.17) is 6.42 Å². The Bertz CT molecular complexity index is 789. The molecular formula is C21H24O4. The van der Waals surface area contributed by atoms with Gasteiger partial charge in [-0.2, -0.15) is 0 Å². The van der Waals surface area contributed by atoms with Crippen molar-refractivity contribution in [1.82, 2.24) is 0 Å². The van der Waals surface area contributed by atoms with Gasteiger partial charge in [0.25, 0.3) is 0 Å². The second-order valence-electron chi connectivity index (χ2n) is 8.37. The van der Waals surface area contributed by atoms with E-state index in [1.807, 2.05) is 20.8 Å². The summed E-state index contributed by atoms with van der Waals surface area (Å²) in [6.45, 7) is 5.87. The average molecular weight is 340 g/mol. The van der Waals surface area contributed by atoms with Gasteiger partial charge in [0.15, 0.2) is 11.6 Å². The number of allylic oxidation sites excluding steroid dienone is 4. The molecule has 132 valence electrons. The summed E-state index contributed by atoms with van der Waals surface area (Å²) in [7, 11) is 0. The fourth-order valence-corrected chi connectivity index (χ4v) is 5.54. The van der Waals surface area contributed by atoms with E-state index in [2.05, 4.69) is 5.92 Å².